The molecule has 6 heteroatoms. The maximum atomic E-state index is 10.4. The minimum atomic E-state index is -0.445. The minimum absolute atomic E-state index is 0.0748. The first-order valence-electron chi connectivity index (χ1n) is 5.99. The maximum Gasteiger partial charge on any atom is 0.305 e. The van der Waals surface area contributed by atoms with E-state index in [0.29, 0.717) is 18.8 Å². The Morgan fingerprint density at radius 2 is 1.84 bits per heavy atom. The molecule has 0 saturated heterocycles. The molecule has 1 aromatic carbocycles. The van der Waals surface area contributed by atoms with Crippen LogP contribution in [0.25, 0.3) is 0 Å². The number of carbonyl (C=O) groups is 1. The Morgan fingerprint density at radius 3 is 2.21 bits per heavy atom. The van der Waals surface area contributed by atoms with Crippen molar-refractivity contribution in [3.05, 3.63) is 34.4 Å². The summed E-state index contributed by atoms with van der Waals surface area (Å²) in [5.74, 6) is 0.533. The second kappa shape index (κ2) is 9.87. The standard InChI is InChI=1S/C7H7NO3.C6H12O2/c1-11-7-4-2-6(3-5-7)8(9)10;1-3-5-6(7)8-4-2/h2-5H,1H3;3-5H2,1-2H3. The Hall–Kier alpha value is -2.11. The van der Waals surface area contributed by atoms with E-state index >= 15 is 0 Å². The van der Waals surface area contributed by atoms with Crippen LogP contribution in [0.5, 0.6) is 5.75 Å². The topological polar surface area (TPSA) is 78.7 Å². The van der Waals surface area contributed by atoms with Gasteiger partial charge in [-0.2, -0.15) is 0 Å². The van der Waals surface area contributed by atoms with Crippen LogP contribution >= 0.6 is 0 Å². The Bertz CT molecular complexity index is 381. The van der Waals surface area contributed by atoms with Crippen molar-refractivity contribution in [3.8, 4) is 5.75 Å². The molecular formula is C13H19NO5. The molecule has 0 fully saturated rings. The van der Waals surface area contributed by atoms with Crippen LogP contribution in [0.15, 0.2) is 24.3 Å². The number of nitrogens with zero attached hydrogens (tertiary/aromatic N) is 1. The van der Waals surface area contributed by atoms with Gasteiger partial charge in [0.25, 0.3) is 5.69 Å². The smallest absolute Gasteiger partial charge is 0.305 e. The van der Waals surface area contributed by atoms with Crippen LogP contribution < -0.4 is 4.74 Å². The third-order valence-corrected chi connectivity index (χ3v) is 2.04. The van der Waals surface area contributed by atoms with Crippen molar-refractivity contribution in [1.82, 2.24) is 0 Å². The van der Waals surface area contributed by atoms with Crippen LogP contribution in [0.4, 0.5) is 5.69 Å². The maximum absolute atomic E-state index is 10.4. The highest BCUT2D eigenvalue weighted by atomic mass is 16.6. The summed E-state index contributed by atoms with van der Waals surface area (Å²) in [5, 5.41) is 10.2. The van der Waals surface area contributed by atoms with E-state index in [4.69, 9.17) is 4.74 Å². The van der Waals surface area contributed by atoms with Crippen LogP contribution in [0.3, 0.4) is 0 Å². The lowest BCUT2D eigenvalue weighted by Gasteiger charge is -1.96. The van der Waals surface area contributed by atoms with E-state index in [1.807, 2.05) is 13.8 Å². The number of hydrogen-bond acceptors (Lipinski definition) is 5. The number of non-ortho nitro benzene ring substituents is 1. The Labute approximate surface area is 112 Å². The molecular weight excluding hydrogens is 250 g/mol. The van der Waals surface area contributed by atoms with E-state index in [9.17, 15) is 14.9 Å². The van der Waals surface area contributed by atoms with Crippen LogP contribution in [0, 0.1) is 10.1 Å². The SMILES string of the molecule is CCCC(=O)OCC.COc1ccc([N+](=O)[O-])cc1. The molecule has 0 amide bonds. The third-order valence-electron chi connectivity index (χ3n) is 2.04. The molecule has 0 N–H and O–H groups in total. The van der Waals surface area contributed by atoms with Crippen LogP contribution in [0.1, 0.15) is 26.7 Å². The summed E-state index contributed by atoms with van der Waals surface area (Å²) in [6.45, 7) is 4.27. The van der Waals surface area contributed by atoms with Gasteiger partial charge in [0.2, 0.25) is 0 Å². The average molecular weight is 269 g/mol. The highest BCUT2D eigenvalue weighted by Crippen LogP contribution is 2.16. The van der Waals surface area contributed by atoms with Crippen LogP contribution in [-0.2, 0) is 9.53 Å². The largest absolute Gasteiger partial charge is 0.497 e. The van der Waals surface area contributed by atoms with Crippen LogP contribution in [0.2, 0.25) is 0 Å². The zero-order valence-electron chi connectivity index (χ0n) is 11.4. The highest BCUT2D eigenvalue weighted by molar-refractivity contribution is 5.69. The molecule has 0 unspecified atom stereocenters. The molecule has 0 atom stereocenters. The van der Waals surface area contributed by atoms with Gasteiger partial charge in [-0.15, -0.1) is 0 Å². The normalized spacial score (nSPS) is 9.00. The quantitative estimate of drug-likeness (QED) is 0.466. The van der Waals surface area contributed by atoms with E-state index in [0.717, 1.165) is 6.42 Å². The number of rotatable bonds is 5. The van der Waals surface area contributed by atoms with Crippen molar-refractivity contribution < 1.29 is 19.2 Å². The molecule has 0 bridgehead atoms. The van der Waals surface area contributed by atoms with Gasteiger partial charge >= 0.3 is 5.97 Å². The van der Waals surface area contributed by atoms with E-state index < -0.39 is 4.92 Å². The fourth-order valence-electron chi connectivity index (χ4n) is 1.14. The van der Waals surface area contributed by atoms with Crippen LogP contribution in [-0.4, -0.2) is 24.6 Å². The fourth-order valence-corrected chi connectivity index (χ4v) is 1.14. The van der Waals surface area contributed by atoms with Gasteiger partial charge in [-0.25, -0.2) is 0 Å². The first-order valence-corrected chi connectivity index (χ1v) is 5.99. The monoisotopic (exact) mass is 269 g/mol. The van der Waals surface area contributed by atoms with Crippen molar-refractivity contribution in [2.75, 3.05) is 13.7 Å². The number of methoxy groups -OCH3 is 1. The molecule has 106 valence electrons. The van der Waals surface area contributed by atoms with E-state index in [-0.39, 0.29) is 11.7 Å². The van der Waals surface area contributed by atoms with Gasteiger partial charge in [0.1, 0.15) is 5.75 Å². The summed E-state index contributed by atoms with van der Waals surface area (Å²) < 4.78 is 9.47. The van der Waals surface area contributed by atoms with Gasteiger partial charge in [0.15, 0.2) is 0 Å². The Kier molecular flexibility index (Phi) is 8.78. The molecule has 1 aromatic rings. The zero-order chi connectivity index (χ0) is 14.7. The van der Waals surface area contributed by atoms with Gasteiger partial charge in [0, 0.05) is 18.6 Å². The van der Waals surface area contributed by atoms with Gasteiger partial charge in [-0.1, -0.05) is 6.92 Å². The number of nitro groups is 1. The molecule has 6 nitrogen and oxygen atoms in total. The van der Waals surface area contributed by atoms with Crippen molar-refractivity contribution in [3.63, 3.8) is 0 Å². The lowest BCUT2D eigenvalue weighted by atomic mass is 10.3. The van der Waals surface area contributed by atoms with Gasteiger partial charge < -0.3 is 9.47 Å². The van der Waals surface area contributed by atoms with Crippen molar-refractivity contribution in [2.24, 2.45) is 0 Å². The number of nitro benzene ring substituents is 1. The second-order valence-corrected chi connectivity index (χ2v) is 3.51. The minimum Gasteiger partial charge on any atom is -0.497 e. The fraction of sp³-hybridized carbons (Fsp3) is 0.462. The summed E-state index contributed by atoms with van der Waals surface area (Å²) in [6, 6.07) is 5.91. The first-order chi connectivity index (χ1) is 9.04. The van der Waals surface area contributed by atoms with E-state index in [1.54, 1.807) is 12.1 Å². The van der Waals surface area contributed by atoms with Crippen molar-refractivity contribution >= 4 is 11.7 Å². The molecule has 1 rings (SSSR count). The number of hydrogen-bond donors (Lipinski definition) is 0. The molecule has 0 spiro atoms. The predicted molar refractivity (Wildman–Crippen MR) is 71.2 cm³/mol. The lowest BCUT2D eigenvalue weighted by Crippen LogP contribution is -2.01. The van der Waals surface area contributed by atoms with Crippen molar-refractivity contribution in [2.45, 2.75) is 26.7 Å². The molecule has 0 aliphatic rings. The predicted octanol–water partition coefficient (Wildman–Crippen LogP) is 2.95. The summed E-state index contributed by atoms with van der Waals surface area (Å²) in [6.07, 6.45) is 1.42. The lowest BCUT2D eigenvalue weighted by molar-refractivity contribution is -0.384. The number of ether oxygens (including phenoxy) is 2. The van der Waals surface area contributed by atoms with E-state index in [1.165, 1.54) is 19.2 Å². The molecule has 0 saturated carbocycles. The van der Waals surface area contributed by atoms with Gasteiger partial charge in [-0.05, 0) is 25.5 Å². The zero-order valence-corrected chi connectivity index (χ0v) is 11.4. The van der Waals surface area contributed by atoms with Gasteiger partial charge in [-0.3, -0.25) is 14.9 Å². The average Bonchev–Trinajstić information content (AvgIpc) is 2.40. The second-order valence-electron chi connectivity index (χ2n) is 3.51. The summed E-state index contributed by atoms with van der Waals surface area (Å²) >= 11 is 0. The Morgan fingerprint density at radius 1 is 1.26 bits per heavy atom. The number of carbonyl (C=O) groups excluding carboxylic acids is 1. The molecule has 0 aliphatic heterocycles. The number of benzene rings is 1. The molecule has 0 heterocycles. The third kappa shape index (κ3) is 7.75. The number of esters is 1. The Balaban J connectivity index is 0.000000362. The molecule has 0 radical (unpaired) electrons. The highest BCUT2D eigenvalue weighted by Gasteiger charge is 2.02. The summed E-state index contributed by atoms with van der Waals surface area (Å²) in [4.78, 5) is 20.1. The first kappa shape index (κ1) is 16.9. The molecule has 19 heavy (non-hydrogen) atoms. The summed E-state index contributed by atoms with van der Waals surface area (Å²) in [5.41, 5.74) is 0.0748. The van der Waals surface area contributed by atoms with Gasteiger partial charge in [0.05, 0.1) is 18.6 Å². The molecule has 0 aliphatic carbocycles. The van der Waals surface area contributed by atoms with Crippen molar-refractivity contribution in [1.29, 1.82) is 0 Å². The van der Waals surface area contributed by atoms with E-state index in [2.05, 4.69) is 4.74 Å². The summed E-state index contributed by atoms with van der Waals surface area (Å²) in [7, 11) is 1.52. The molecule has 0 aromatic heterocycles.